The molecule has 0 aliphatic carbocycles. The van der Waals surface area contributed by atoms with E-state index >= 15 is 0 Å². The number of carboxylic acid groups (broad SMARTS) is 1. The van der Waals surface area contributed by atoms with Gasteiger partial charge in [0, 0.05) is 19.0 Å². The first-order chi connectivity index (χ1) is 14.4. The Hall–Kier alpha value is -2.86. The quantitative estimate of drug-likeness (QED) is 0.782. The van der Waals surface area contributed by atoms with Gasteiger partial charge in [-0.25, -0.2) is 9.59 Å². The standard InChI is InChI=1S/C24H28N2O4/c1-24(17-26(23(29)30-24)16-18-5-3-2-4-6-18)21-11-13-25(14-12-21)15-19-7-9-20(10-8-19)22(27)28/h2-10,21H,11-17H2,1H3,(H,27,28)/t24-/m0/s1. The Bertz CT molecular complexity index is 891. The first-order valence-corrected chi connectivity index (χ1v) is 10.5. The van der Waals surface area contributed by atoms with E-state index in [9.17, 15) is 9.59 Å². The molecule has 30 heavy (non-hydrogen) atoms. The third-order valence-corrected chi connectivity index (χ3v) is 6.36. The number of rotatable bonds is 6. The van der Waals surface area contributed by atoms with Gasteiger partial charge in [0.25, 0.3) is 0 Å². The number of benzene rings is 2. The highest BCUT2D eigenvalue weighted by Gasteiger charge is 2.47. The molecule has 2 heterocycles. The molecule has 0 aromatic heterocycles. The van der Waals surface area contributed by atoms with Gasteiger partial charge in [0.1, 0.15) is 5.60 Å². The largest absolute Gasteiger partial charge is 0.478 e. The van der Waals surface area contributed by atoms with Crippen molar-refractivity contribution < 1.29 is 19.4 Å². The molecule has 4 rings (SSSR count). The average molecular weight is 408 g/mol. The summed E-state index contributed by atoms with van der Waals surface area (Å²) in [7, 11) is 0. The molecule has 2 saturated heterocycles. The second kappa shape index (κ2) is 8.48. The molecule has 1 N–H and O–H groups in total. The average Bonchev–Trinajstić information content (AvgIpc) is 3.04. The number of piperidine rings is 1. The molecule has 1 atom stereocenters. The number of nitrogens with zero attached hydrogens (tertiary/aromatic N) is 2. The van der Waals surface area contributed by atoms with Crippen molar-refractivity contribution in [3.63, 3.8) is 0 Å². The van der Waals surface area contributed by atoms with Crippen LogP contribution in [-0.2, 0) is 17.8 Å². The predicted molar refractivity (Wildman–Crippen MR) is 113 cm³/mol. The Morgan fingerprint density at radius 2 is 1.67 bits per heavy atom. The van der Waals surface area contributed by atoms with Gasteiger partial charge in [0.05, 0.1) is 12.1 Å². The molecular weight excluding hydrogens is 380 g/mol. The molecule has 2 fully saturated rings. The highest BCUT2D eigenvalue weighted by molar-refractivity contribution is 5.87. The summed E-state index contributed by atoms with van der Waals surface area (Å²) in [5.41, 5.74) is 2.10. The first-order valence-electron chi connectivity index (χ1n) is 10.5. The summed E-state index contributed by atoms with van der Waals surface area (Å²) in [6, 6.07) is 17.1. The van der Waals surface area contributed by atoms with Gasteiger partial charge in [-0.3, -0.25) is 9.80 Å². The van der Waals surface area contributed by atoms with Crippen LogP contribution in [0.25, 0.3) is 0 Å². The maximum atomic E-state index is 12.5. The fraction of sp³-hybridized carbons (Fsp3) is 0.417. The summed E-state index contributed by atoms with van der Waals surface area (Å²) in [6.07, 6.45) is 1.74. The van der Waals surface area contributed by atoms with E-state index in [1.54, 1.807) is 12.1 Å². The van der Waals surface area contributed by atoms with Crippen LogP contribution in [0.5, 0.6) is 0 Å². The molecule has 6 heteroatoms. The molecule has 2 aromatic rings. The van der Waals surface area contributed by atoms with Crippen LogP contribution in [0.2, 0.25) is 0 Å². The Morgan fingerprint density at radius 3 is 2.30 bits per heavy atom. The van der Waals surface area contributed by atoms with Crippen molar-refractivity contribution in [2.45, 2.75) is 38.5 Å². The third-order valence-electron chi connectivity index (χ3n) is 6.36. The molecule has 158 valence electrons. The molecule has 0 unspecified atom stereocenters. The maximum absolute atomic E-state index is 12.5. The van der Waals surface area contributed by atoms with E-state index in [4.69, 9.17) is 9.84 Å². The Balaban J connectivity index is 1.31. The van der Waals surface area contributed by atoms with Gasteiger partial charge in [-0.1, -0.05) is 42.5 Å². The van der Waals surface area contributed by atoms with E-state index < -0.39 is 11.6 Å². The number of hydrogen-bond donors (Lipinski definition) is 1. The van der Waals surface area contributed by atoms with E-state index in [0.29, 0.717) is 24.6 Å². The lowest BCUT2D eigenvalue weighted by Gasteiger charge is -2.39. The number of amides is 1. The Kier molecular flexibility index (Phi) is 5.77. The minimum absolute atomic E-state index is 0.220. The third kappa shape index (κ3) is 4.49. The number of likely N-dealkylation sites (tertiary alicyclic amines) is 1. The highest BCUT2D eigenvalue weighted by atomic mass is 16.6. The van der Waals surface area contributed by atoms with Crippen molar-refractivity contribution in [2.75, 3.05) is 19.6 Å². The predicted octanol–water partition coefficient (Wildman–Crippen LogP) is 4.01. The van der Waals surface area contributed by atoms with Crippen molar-refractivity contribution >= 4 is 12.1 Å². The topological polar surface area (TPSA) is 70.1 Å². The van der Waals surface area contributed by atoms with Crippen LogP contribution in [-0.4, -0.2) is 52.2 Å². The van der Waals surface area contributed by atoms with Crippen LogP contribution in [0.1, 0.15) is 41.3 Å². The lowest BCUT2D eigenvalue weighted by Crippen LogP contribution is -2.45. The van der Waals surface area contributed by atoms with Crippen LogP contribution in [0, 0.1) is 5.92 Å². The summed E-state index contributed by atoms with van der Waals surface area (Å²) in [5.74, 6) is -0.559. The zero-order chi connectivity index (χ0) is 21.1. The van der Waals surface area contributed by atoms with Gasteiger partial charge in [0.2, 0.25) is 0 Å². The molecule has 6 nitrogen and oxygen atoms in total. The zero-order valence-corrected chi connectivity index (χ0v) is 17.3. The van der Waals surface area contributed by atoms with Crippen LogP contribution >= 0.6 is 0 Å². The molecule has 1 amide bonds. The smallest absolute Gasteiger partial charge is 0.410 e. The zero-order valence-electron chi connectivity index (χ0n) is 17.3. The van der Waals surface area contributed by atoms with Crippen molar-refractivity contribution in [1.82, 2.24) is 9.80 Å². The molecule has 2 aliphatic rings. The summed E-state index contributed by atoms with van der Waals surface area (Å²) < 4.78 is 5.88. The van der Waals surface area contributed by atoms with E-state index in [-0.39, 0.29) is 6.09 Å². The summed E-state index contributed by atoms with van der Waals surface area (Å²) in [6.45, 7) is 5.97. The number of ether oxygens (including phenoxy) is 1. The van der Waals surface area contributed by atoms with Gasteiger partial charge >= 0.3 is 12.1 Å². The van der Waals surface area contributed by atoms with Gasteiger partial charge in [-0.15, -0.1) is 0 Å². The van der Waals surface area contributed by atoms with Crippen molar-refractivity contribution in [1.29, 1.82) is 0 Å². The number of carbonyl (C=O) groups excluding carboxylic acids is 1. The van der Waals surface area contributed by atoms with Crippen LogP contribution < -0.4 is 0 Å². The van der Waals surface area contributed by atoms with E-state index in [1.165, 1.54) is 0 Å². The Labute approximate surface area is 177 Å². The minimum Gasteiger partial charge on any atom is -0.478 e. The number of carbonyl (C=O) groups is 2. The van der Waals surface area contributed by atoms with Gasteiger partial charge in [-0.2, -0.15) is 0 Å². The SMILES string of the molecule is C[C@@]1(C2CCN(Cc3ccc(C(=O)O)cc3)CC2)CN(Cc2ccccc2)C(=O)O1. The van der Waals surface area contributed by atoms with E-state index in [0.717, 1.165) is 43.6 Å². The fourth-order valence-corrected chi connectivity index (χ4v) is 4.59. The normalized spacial score (nSPS) is 22.8. The molecular formula is C24H28N2O4. The van der Waals surface area contributed by atoms with Crippen LogP contribution in [0.3, 0.4) is 0 Å². The van der Waals surface area contributed by atoms with Crippen molar-refractivity contribution in [3.05, 3.63) is 71.3 Å². The van der Waals surface area contributed by atoms with Crippen molar-refractivity contribution in [3.8, 4) is 0 Å². The fourth-order valence-electron chi connectivity index (χ4n) is 4.59. The van der Waals surface area contributed by atoms with E-state index in [1.807, 2.05) is 47.4 Å². The number of hydrogen-bond acceptors (Lipinski definition) is 4. The molecule has 0 radical (unpaired) electrons. The number of cyclic esters (lactones) is 1. The monoisotopic (exact) mass is 408 g/mol. The van der Waals surface area contributed by atoms with Gasteiger partial charge in [-0.05, 0) is 56.1 Å². The van der Waals surface area contributed by atoms with Gasteiger partial charge in [0.15, 0.2) is 0 Å². The van der Waals surface area contributed by atoms with Crippen LogP contribution in [0.15, 0.2) is 54.6 Å². The maximum Gasteiger partial charge on any atom is 0.410 e. The molecule has 0 bridgehead atoms. The molecule has 2 aromatic carbocycles. The Morgan fingerprint density at radius 1 is 1.03 bits per heavy atom. The molecule has 2 aliphatic heterocycles. The van der Waals surface area contributed by atoms with Crippen molar-refractivity contribution in [2.24, 2.45) is 5.92 Å². The second-order valence-electron chi connectivity index (χ2n) is 8.57. The second-order valence-corrected chi connectivity index (χ2v) is 8.57. The van der Waals surface area contributed by atoms with Crippen LogP contribution in [0.4, 0.5) is 4.79 Å². The van der Waals surface area contributed by atoms with Gasteiger partial charge < -0.3 is 9.84 Å². The highest BCUT2D eigenvalue weighted by Crippen LogP contribution is 2.37. The summed E-state index contributed by atoms with van der Waals surface area (Å²) in [4.78, 5) is 27.7. The first kappa shape index (κ1) is 20.4. The molecule has 0 spiro atoms. The summed E-state index contributed by atoms with van der Waals surface area (Å²) in [5, 5.41) is 9.02. The minimum atomic E-state index is -0.900. The van der Waals surface area contributed by atoms with E-state index in [2.05, 4.69) is 11.8 Å². The lowest BCUT2D eigenvalue weighted by atomic mass is 9.81. The number of aromatic carboxylic acids is 1. The molecule has 0 saturated carbocycles. The summed E-state index contributed by atoms with van der Waals surface area (Å²) >= 11 is 0. The number of carboxylic acids is 1. The lowest BCUT2D eigenvalue weighted by molar-refractivity contribution is -0.00711.